The number of nitrogens with zero attached hydrogens (tertiary/aromatic N) is 3. The quantitative estimate of drug-likeness (QED) is 0.634. The molecule has 0 aromatic carbocycles. The van der Waals surface area contributed by atoms with E-state index in [2.05, 4.69) is 26.0 Å². The summed E-state index contributed by atoms with van der Waals surface area (Å²) < 4.78 is 1.83. The lowest BCUT2D eigenvalue weighted by atomic mass is 10.4. The molecule has 2 aromatic rings. The van der Waals surface area contributed by atoms with E-state index in [4.69, 9.17) is 23.2 Å². The highest BCUT2D eigenvalue weighted by Gasteiger charge is 2.03. The first-order chi connectivity index (χ1) is 11.1. The number of anilines is 1. The predicted octanol–water partition coefficient (Wildman–Crippen LogP) is 2.39. The van der Waals surface area contributed by atoms with Crippen LogP contribution >= 0.6 is 23.2 Å². The predicted molar refractivity (Wildman–Crippen MR) is 91.0 cm³/mol. The molecule has 0 aliphatic carbocycles. The van der Waals surface area contributed by atoms with Crippen LogP contribution < -0.4 is 16.0 Å². The molecule has 0 radical (unpaired) electrons. The van der Waals surface area contributed by atoms with Crippen molar-refractivity contribution in [2.75, 3.05) is 25.0 Å². The second-order valence-corrected chi connectivity index (χ2v) is 5.56. The molecule has 9 heteroatoms. The Hall–Kier alpha value is -1.99. The molecule has 7 nitrogen and oxygen atoms in total. The molecule has 0 aliphatic heterocycles. The lowest BCUT2D eigenvalue weighted by Gasteiger charge is -2.10. The lowest BCUT2D eigenvalue weighted by Crippen LogP contribution is -2.38. The van der Waals surface area contributed by atoms with Crippen molar-refractivity contribution >= 4 is 35.1 Å². The van der Waals surface area contributed by atoms with E-state index in [9.17, 15) is 4.79 Å². The molecule has 2 amide bonds. The summed E-state index contributed by atoms with van der Waals surface area (Å²) in [4.78, 5) is 15.7. The molecule has 0 spiro atoms. The molecule has 23 heavy (non-hydrogen) atoms. The van der Waals surface area contributed by atoms with Crippen LogP contribution in [-0.4, -0.2) is 40.4 Å². The Balaban J connectivity index is 1.54. The van der Waals surface area contributed by atoms with Crippen molar-refractivity contribution < 1.29 is 4.79 Å². The van der Waals surface area contributed by atoms with Crippen molar-refractivity contribution in [2.45, 2.75) is 13.0 Å². The van der Waals surface area contributed by atoms with Gasteiger partial charge in [0.15, 0.2) is 0 Å². The molecule has 0 bridgehead atoms. The van der Waals surface area contributed by atoms with Gasteiger partial charge in [-0.05, 0) is 18.6 Å². The van der Waals surface area contributed by atoms with E-state index < -0.39 is 0 Å². The van der Waals surface area contributed by atoms with Gasteiger partial charge in [0.1, 0.15) is 5.82 Å². The third-order valence-electron chi connectivity index (χ3n) is 2.92. The molecule has 0 aliphatic rings. The molecular weight excluding hydrogens is 339 g/mol. The largest absolute Gasteiger partial charge is 0.367 e. The Morgan fingerprint density at radius 3 is 2.78 bits per heavy atom. The van der Waals surface area contributed by atoms with Gasteiger partial charge >= 0.3 is 6.03 Å². The number of rotatable bonds is 8. The molecular formula is C14H18Cl2N6O. The van der Waals surface area contributed by atoms with Crippen LogP contribution in [0.5, 0.6) is 0 Å². The number of carbonyl (C=O) groups is 1. The van der Waals surface area contributed by atoms with E-state index >= 15 is 0 Å². The Morgan fingerprint density at radius 1 is 1.22 bits per heavy atom. The standard InChI is InChI=1S/C14H18Cl2N6O/c15-11-9-12(16)13(20-10-11)17-5-6-19-14(23)18-3-1-7-22-8-2-4-21-22/h2,4,8-10H,1,3,5-7H2,(H,17,20)(H2,18,19,23). The molecule has 124 valence electrons. The van der Waals surface area contributed by atoms with E-state index in [0.29, 0.717) is 35.5 Å². The van der Waals surface area contributed by atoms with Crippen LogP contribution in [-0.2, 0) is 6.54 Å². The Kier molecular flexibility index (Phi) is 6.96. The molecule has 0 fully saturated rings. The van der Waals surface area contributed by atoms with Gasteiger partial charge in [0, 0.05) is 44.8 Å². The molecule has 2 rings (SSSR count). The highest BCUT2D eigenvalue weighted by Crippen LogP contribution is 2.21. The van der Waals surface area contributed by atoms with Crippen molar-refractivity contribution in [1.82, 2.24) is 25.4 Å². The van der Waals surface area contributed by atoms with Gasteiger partial charge in [-0.15, -0.1) is 0 Å². The molecule has 2 aromatic heterocycles. The normalized spacial score (nSPS) is 10.3. The SMILES string of the molecule is O=C(NCCCn1cccn1)NCCNc1ncc(Cl)cc1Cl. The minimum Gasteiger partial charge on any atom is -0.367 e. The van der Waals surface area contributed by atoms with Crippen molar-refractivity contribution in [3.8, 4) is 0 Å². The van der Waals surface area contributed by atoms with Crippen LogP contribution in [0.15, 0.2) is 30.7 Å². The highest BCUT2D eigenvalue weighted by atomic mass is 35.5. The number of hydrogen-bond acceptors (Lipinski definition) is 4. The summed E-state index contributed by atoms with van der Waals surface area (Å²) in [5.41, 5.74) is 0. The van der Waals surface area contributed by atoms with Crippen LogP contribution in [0.1, 0.15) is 6.42 Å². The Morgan fingerprint density at radius 2 is 2.04 bits per heavy atom. The average molecular weight is 357 g/mol. The van der Waals surface area contributed by atoms with Gasteiger partial charge < -0.3 is 16.0 Å². The van der Waals surface area contributed by atoms with Crippen LogP contribution in [0.25, 0.3) is 0 Å². The number of aryl methyl sites for hydroxylation is 1. The van der Waals surface area contributed by atoms with Crippen LogP contribution in [0.2, 0.25) is 10.0 Å². The fourth-order valence-corrected chi connectivity index (χ4v) is 2.29. The Labute approximate surface area is 144 Å². The molecule has 0 unspecified atom stereocenters. The number of amides is 2. The second kappa shape index (κ2) is 9.22. The summed E-state index contributed by atoms with van der Waals surface area (Å²) in [6, 6.07) is 3.27. The summed E-state index contributed by atoms with van der Waals surface area (Å²) in [6.45, 7) is 2.32. The first-order valence-electron chi connectivity index (χ1n) is 7.19. The zero-order chi connectivity index (χ0) is 16.5. The van der Waals surface area contributed by atoms with Crippen LogP contribution in [0, 0.1) is 0 Å². The fraction of sp³-hybridized carbons (Fsp3) is 0.357. The summed E-state index contributed by atoms with van der Waals surface area (Å²) >= 11 is 11.7. The van der Waals surface area contributed by atoms with Gasteiger partial charge in [-0.3, -0.25) is 4.68 Å². The van der Waals surface area contributed by atoms with Gasteiger partial charge in [-0.1, -0.05) is 23.2 Å². The third-order valence-corrected chi connectivity index (χ3v) is 3.41. The number of hydrogen-bond donors (Lipinski definition) is 3. The number of pyridine rings is 1. The average Bonchev–Trinajstić information content (AvgIpc) is 3.03. The molecule has 2 heterocycles. The van der Waals surface area contributed by atoms with Gasteiger partial charge in [0.25, 0.3) is 0 Å². The lowest BCUT2D eigenvalue weighted by molar-refractivity contribution is 0.241. The monoisotopic (exact) mass is 356 g/mol. The van der Waals surface area contributed by atoms with Crippen molar-refractivity contribution in [3.05, 3.63) is 40.8 Å². The van der Waals surface area contributed by atoms with E-state index in [1.54, 1.807) is 12.3 Å². The molecule has 3 N–H and O–H groups in total. The van der Waals surface area contributed by atoms with E-state index in [1.165, 1.54) is 6.20 Å². The number of nitrogens with one attached hydrogen (secondary N) is 3. The van der Waals surface area contributed by atoms with Gasteiger partial charge in [-0.25, -0.2) is 9.78 Å². The highest BCUT2D eigenvalue weighted by molar-refractivity contribution is 6.35. The molecule has 0 saturated heterocycles. The van der Waals surface area contributed by atoms with Gasteiger partial charge in [0.2, 0.25) is 0 Å². The maximum atomic E-state index is 11.6. The summed E-state index contributed by atoms with van der Waals surface area (Å²) in [7, 11) is 0. The van der Waals surface area contributed by atoms with Gasteiger partial charge in [-0.2, -0.15) is 5.10 Å². The first-order valence-corrected chi connectivity index (χ1v) is 7.95. The van der Waals surface area contributed by atoms with E-state index in [1.807, 2.05) is 16.9 Å². The Bertz CT molecular complexity index is 620. The minimum absolute atomic E-state index is 0.206. The number of halogens is 2. The number of carbonyl (C=O) groups excluding carboxylic acids is 1. The van der Waals surface area contributed by atoms with E-state index in [-0.39, 0.29) is 6.03 Å². The smallest absolute Gasteiger partial charge is 0.314 e. The van der Waals surface area contributed by atoms with Crippen molar-refractivity contribution in [2.24, 2.45) is 0 Å². The van der Waals surface area contributed by atoms with E-state index in [0.717, 1.165) is 13.0 Å². The summed E-state index contributed by atoms with van der Waals surface area (Å²) in [5, 5.41) is 13.6. The maximum absolute atomic E-state index is 11.6. The number of urea groups is 1. The number of aromatic nitrogens is 3. The van der Waals surface area contributed by atoms with Crippen molar-refractivity contribution in [3.63, 3.8) is 0 Å². The maximum Gasteiger partial charge on any atom is 0.314 e. The zero-order valence-electron chi connectivity index (χ0n) is 12.4. The van der Waals surface area contributed by atoms with Crippen LogP contribution in [0.4, 0.5) is 10.6 Å². The third kappa shape index (κ3) is 6.33. The van der Waals surface area contributed by atoms with Crippen LogP contribution in [0.3, 0.4) is 0 Å². The molecule has 0 atom stereocenters. The summed E-state index contributed by atoms with van der Waals surface area (Å²) in [6.07, 6.45) is 5.95. The summed E-state index contributed by atoms with van der Waals surface area (Å²) in [5.74, 6) is 0.539. The minimum atomic E-state index is -0.206. The van der Waals surface area contributed by atoms with Crippen molar-refractivity contribution in [1.29, 1.82) is 0 Å². The second-order valence-electron chi connectivity index (χ2n) is 4.72. The zero-order valence-corrected chi connectivity index (χ0v) is 13.9. The van der Waals surface area contributed by atoms with Gasteiger partial charge in [0.05, 0.1) is 10.0 Å². The topological polar surface area (TPSA) is 83.9 Å². The first kappa shape index (κ1) is 17.4. The fourth-order valence-electron chi connectivity index (χ4n) is 1.84. The molecule has 0 saturated carbocycles.